The maximum absolute atomic E-state index is 5.80. The average Bonchev–Trinajstić information content (AvgIpc) is 2.47. The van der Waals surface area contributed by atoms with Crippen LogP contribution in [0.1, 0.15) is 38.2 Å². The summed E-state index contributed by atoms with van der Waals surface area (Å²) in [5.41, 5.74) is 8.19. The lowest BCUT2D eigenvalue weighted by Gasteiger charge is -2.29. The SMILES string of the molecule is CCOc1cc(N2CCCCC2)ccc1CCCN. The lowest BCUT2D eigenvalue weighted by Crippen LogP contribution is -2.29. The van der Waals surface area contributed by atoms with Crippen LogP contribution < -0.4 is 15.4 Å². The third kappa shape index (κ3) is 3.87. The summed E-state index contributed by atoms with van der Waals surface area (Å²) in [5, 5.41) is 0. The molecule has 1 fully saturated rings. The van der Waals surface area contributed by atoms with Crippen LogP contribution in [0.2, 0.25) is 0 Å². The molecule has 3 heteroatoms. The average molecular weight is 262 g/mol. The third-order valence-corrected chi connectivity index (χ3v) is 3.72. The monoisotopic (exact) mass is 262 g/mol. The van der Waals surface area contributed by atoms with Gasteiger partial charge in [-0.1, -0.05) is 6.07 Å². The Morgan fingerprint density at radius 3 is 2.68 bits per heavy atom. The van der Waals surface area contributed by atoms with Gasteiger partial charge in [0.25, 0.3) is 0 Å². The molecule has 0 saturated carbocycles. The molecule has 2 N–H and O–H groups in total. The summed E-state index contributed by atoms with van der Waals surface area (Å²) >= 11 is 0. The molecule has 2 rings (SSSR count). The van der Waals surface area contributed by atoms with Crippen LogP contribution in [0, 0.1) is 0 Å². The standard InChI is InChI=1S/C16H26N2O/c1-2-19-16-13-15(18-11-4-3-5-12-18)9-8-14(16)7-6-10-17/h8-9,13H,2-7,10-12,17H2,1H3. The van der Waals surface area contributed by atoms with Crippen molar-refractivity contribution in [2.75, 3.05) is 31.1 Å². The van der Waals surface area contributed by atoms with Crippen molar-refractivity contribution in [3.63, 3.8) is 0 Å². The van der Waals surface area contributed by atoms with Gasteiger partial charge in [0.1, 0.15) is 5.75 Å². The van der Waals surface area contributed by atoms with E-state index in [9.17, 15) is 0 Å². The van der Waals surface area contributed by atoms with Gasteiger partial charge >= 0.3 is 0 Å². The second-order valence-corrected chi connectivity index (χ2v) is 5.16. The highest BCUT2D eigenvalue weighted by atomic mass is 16.5. The molecule has 1 aromatic carbocycles. The van der Waals surface area contributed by atoms with Gasteiger partial charge in [-0.2, -0.15) is 0 Å². The number of anilines is 1. The molecule has 0 unspecified atom stereocenters. The minimum absolute atomic E-state index is 0.721. The molecule has 1 aliphatic heterocycles. The van der Waals surface area contributed by atoms with Crippen LogP contribution in [0.3, 0.4) is 0 Å². The van der Waals surface area contributed by atoms with Gasteiger partial charge in [0.05, 0.1) is 6.61 Å². The van der Waals surface area contributed by atoms with E-state index < -0.39 is 0 Å². The summed E-state index contributed by atoms with van der Waals surface area (Å²) in [4.78, 5) is 2.47. The first kappa shape index (κ1) is 14.2. The van der Waals surface area contributed by atoms with Crippen LogP contribution in [0.4, 0.5) is 5.69 Å². The molecule has 0 atom stereocenters. The highest BCUT2D eigenvalue weighted by Crippen LogP contribution is 2.28. The fraction of sp³-hybridized carbons (Fsp3) is 0.625. The number of hydrogen-bond acceptors (Lipinski definition) is 3. The largest absolute Gasteiger partial charge is 0.494 e. The van der Waals surface area contributed by atoms with E-state index in [-0.39, 0.29) is 0 Å². The van der Waals surface area contributed by atoms with Gasteiger partial charge in [-0.05, 0) is 57.2 Å². The van der Waals surface area contributed by atoms with E-state index in [0.717, 1.165) is 31.7 Å². The van der Waals surface area contributed by atoms with Crippen LogP contribution in [-0.2, 0) is 6.42 Å². The van der Waals surface area contributed by atoms with E-state index >= 15 is 0 Å². The number of rotatable bonds is 6. The van der Waals surface area contributed by atoms with Crippen molar-refractivity contribution in [2.45, 2.75) is 39.0 Å². The fourth-order valence-corrected chi connectivity index (χ4v) is 2.68. The molecule has 0 aromatic heterocycles. The number of ether oxygens (including phenoxy) is 1. The van der Waals surface area contributed by atoms with Crippen molar-refractivity contribution in [1.82, 2.24) is 0 Å². The zero-order chi connectivity index (χ0) is 13.5. The van der Waals surface area contributed by atoms with Gasteiger partial charge in [0.15, 0.2) is 0 Å². The van der Waals surface area contributed by atoms with E-state index in [0.29, 0.717) is 0 Å². The quantitative estimate of drug-likeness (QED) is 0.856. The summed E-state index contributed by atoms with van der Waals surface area (Å²) in [5.74, 6) is 1.04. The minimum Gasteiger partial charge on any atom is -0.494 e. The molecule has 0 radical (unpaired) electrons. The van der Waals surface area contributed by atoms with Crippen molar-refractivity contribution in [1.29, 1.82) is 0 Å². The van der Waals surface area contributed by atoms with Crippen LogP contribution >= 0.6 is 0 Å². The van der Waals surface area contributed by atoms with E-state index in [1.165, 1.54) is 43.6 Å². The van der Waals surface area contributed by atoms with Crippen LogP contribution in [0.25, 0.3) is 0 Å². The Bertz CT molecular complexity index is 386. The molecule has 0 aliphatic carbocycles. The second kappa shape index (κ2) is 7.39. The van der Waals surface area contributed by atoms with Crippen LogP contribution in [0.15, 0.2) is 18.2 Å². The number of hydrogen-bond donors (Lipinski definition) is 1. The molecule has 1 saturated heterocycles. The van der Waals surface area contributed by atoms with E-state index in [2.05, 4.69) is 23.1 Å². The second-order valence-electron chi connectivity index (χ2n) is 5.16. The molecule has 1 aromatic rings. The Hall–Kier alpha value is -1.22. The van der Waals surface area contributed by atoms with Crippen molar-refractivity contribution in [3.8, 4) is 5.75 Å². The van der Waals surface area contributed by atoms with Gasteiger partial charge < -0.3 is 15.4 Å². The third-order valence-electron chi connectivity index (χ3n) is 3.72. The van der Waals surface area contributed by atoms with Crippen molar-refractivity contribution in [3.05, 3.63) is 23.8 Å². The highest BCUT2D eigenvalue weighted by molar-refractivity contribution is 5.54. The summed E-state index contributed by atoms with van der Waals surface area (Å²) in [6.07, 6.45) is 6.00. The highest BCUT2D eigenvalue weighted by Gasteiger charge is 2.13. The van der Waals surface area contributed by atoms with Crippen LogP contribution in [-0.4, -0.2) is 26.2 Å². The molecule has 1 aliphatic rings. The lowest BCUT2D eigenvalue weighted by atomic mass is 10.1. The molecule has 19 heavy (non-hydrogen) atoms. The molecular formula is C16H26N2O. The number of benzene rings is 1. The Labute approximate surface area is 116 Å². The maximum Gasteiger partial charge on any atom is 0.124 e. The Balaban J connectivity index is 2.14. The van der Waals surface area contributed by atoms with Gasteiger partial charge in [0, 0.05) is 24.8 Å². The first-order chi connectivity index (χ1) is 9.35. The van der Waals surface area contributed by atoms with E-state index in [1.54, 1.807) is 0 Å². The molecular weight excluding hydrogens is 236 g/mol. The minimum atomic E-state index is 0.721. The summed E-state index contributed by atoms with van der Waals surface area (Å²) in [7, 11) is 0. The predicted octanol–water partition coefficient (Wildman–Crippen LogP) is 2.97. The fourth-order valence-electron chi connectivity index (χ4n) is 2.68. The predicted molar refractivity (Wildman–Crippen MR) is 81.1 cm³/mol. The zero-order valence-corrected chi connectivity index (χ0v) is 12.0. The lowest BCUT2D eigenvalue weighted by molar-refractivity contribution is 0.336. The number of aryl methyl sites for hydroxylation is 1. The number of nitrogens with zero attached hydrogens (tertiary/aromatic N) is 1. The molecule has 0 spiro atoms. The van der Waals surface area contributed by atoms with Gasteiger partial charge in [-0.25, -0.2) is 0 Å². The Kier molecular flexibility index (Phi) is 5.52. The molecule has 106 valence electrons. The molecule has 3 nitrogen and oxygen atoms in total. The van der Waals surface area contributed by atoms with Crippen LogP contribution in [0.5, 0.6) is 5.75 Å². The first-order valence-corrected chi connectivity index (χ1v) is 7.56. The van der Waals surface area contributed by atoms with Crippen molar-refractivity contribution in [2.24, 2.45) is 5.73 Å². The zero-order valence-electron chi connectivity index (χ0n) is 12.0. The summed E-state index contributed by atoms with van der Waals surface area (Å²) in [6, 6.07) is 6.66. The number of piperidine rings is 1. The summed E-state index contributed by atoms with van der Waals surface area (Å²) in [6.45, 7) is 5.85. The van der Waals surface area contributed by atoms with E-state index in [1.807, 2.05) is 6.92 Å². The summed E-state index contributed by atoms with van der Waals surface area (Å²) < 4.78 is 5.80. The number of nitrogens with two attached hydrogens (primary N) is 1. The van der Waals surface area contributed by atoms with Gasteiger partial charge in [0.2, 0.25) is 0 Å². The van der Waals surface area contributed by atoms with E-state index in [4.69, 9.17) is 10.5 Å². The molecule has 0 bridgehead atoms. The van der Waals surface area contributed by atoms with Crippen molar-refractivity contribution >= 4 is 5.69 Å². The topological polar surface area (TPSA) is 38.5 Å². The van der Waals surface area contributed by atoms with Crippen molar-refractivity contribution < 1.29 is 4.74 Å². The maximum atomic E-state index is 5.80. The first-order valence-electron chi connectivity index (χ1n) is 7.56. The normalized spacial score (nSPS) is 15.6. The Morgan fingerprint density at radius 1 is 1.21 bits per heavy atom. The van der Waals surface area contributed by atoms with Gasteiger partial charge in [-0.3, -0.25) is 0 Å². The molecule has 0 amide bonds. The Morgan fingerprint density at radius 2 is 2.00 bits per heavy atom. The van der Waals surface area contributed by atoms with Gasteiger partial charge in [-0.15, -0.1) is 0 Å². The molecule has 1 heterocycles. The smallest absolute Gasteiger partial charge is 0.124 e.